The quantitative estimate of drug-likeness (QED) is 0.0511. The first-order valence-corrected chi connectivity index (χ1v) is 15.4. The molecule has 3 atom stereocenters. The lowest BCUT2D eigenvalue weighted by Gasteiger charge is -2.18. The summed E-state index contributed by atoms with van der Waals surface area (Å²) in [4.78, 5) is 44.3. The zero-order valence-electron chi connectivity index (χ0n) is 23.4. The van der Waals surface area contributed by atoms with Gasteiger partial charge in [0.05, 0.1) is 13.2 Å². The molecule has 3 unspecified atom stereocenters. The van der Waals surface area contributed by atoms with Gasteiger partial charge in [-0.05, 0) is 38.5 Å². The number of ether oxygens (including phenoxy) is 1. The maximum absolute atomic E-state index is 11.9. The fourth-order valence-electron chi connectivity index (χ4n) is 3.25. The molecule has 1 amide bonds. The molecular weight excluding hydrogens is 529 g/mol. The van der Waals surface area contributed by atoms with E-state index in [0.29, 0.717) is 12.8 Å². The summed E-state index contributed by atoms with van der Waals surface area (Å²) >= 11 is 0. The van der Waals surface area contributed by atoms with Crippen LogP contribution >= 0.6 is 7.82 Å². The van der Waals surface area contributed by atoms with Crippen molar-refractivity contribution in [3.63, 3.8) is 0 Å². The maximum atomic E-state index is 11.9. The SMILES string of the molecule is CCCC/C=C\C/C=C\CCCCCCCC(=O)OCC(O)COP(=O)(O)OCC(NC(=O)CCC)C(=O)O. The lowest BCUT2D eigenvalue weighted by atomic mass is 10.1. The second-order valence-corrected chi connectivity index (χ2v) is 10.7. The molecule has 4 N–H and O–H groups in total. The minimum absolute atomic E-state index is 0.0948. The summed E-state index contributed by atoms with van der Waals surface area (Å²) in [5.74, 6) is -2.47. The lowest BCUT2D eigenvalue weighted by Crippen LogP contribution is -2.43. The van der Waals surface area contributed by atoms with E-state index in [1.54, 1.807) is 6.92 Å². The van der Waals surface area contributed by atoms with Gasteiger partial charge < -0.3 is 25.2 Å². The van der Waals surface area contributed by atoms with E-state index in [9.17, 15) is 28.9 Å². The van der Waals surface area contributed by atoms with Crippen LogP contribution < -0.4 is 5.32 Å². The van der Waals surface area contributed by atoms with Crippen LogP contribution in [0, 0.1) is 0 Å². The van der Waals surface area contributed by atoms with Gasteiger partial charge in [0.1, 0.15) is 12.7 Å². The zero-order chi connectivity index (χ0) is 29.4. The molecule has 0 aliphatic rings. The third-order valence-electron chi connectivity index (χ3n) is 5.46. The molecule has 0 spiro atoms. The number of rotatable bonds is 25. The number of carbonyl (C=O) groups is 3. The van der Waals surface area contributed by atoms with Gasteiger partial charge in [0.2, 0.25) is 5.91 Å². The van der Waals surface area contributed by atoms with Crippen LogP contribution in [-0.4, -0.2) is 64.9 Å². The van der Waals surface area contributed by atoms with Crippen LogP contribution in [-0.2, 0) is 32.7 Å². The zero-order valence-corrected chi connectivity index (χ0v) is 24.3. The Kier molecular flexibility index (Phi) is 22.6. The van der Waals surface area contributed by atoms with E-state index in [1.165, 1.54) is 12.8 Å². The molecule has 12 heteroatoms. The molecule has 0 bridgehead atoms. The number of carboxylic acids is 1. The predicted octanol–water partition coefficient (Wildman–Crippen LogP) is 4.82. The average Bonchev–Trinajstić information content (AvgIpc) is 2.89. The van der Waals surface area contributed by atoms with Crippen LogP contribution in [0.4, 0.5) is 0 Å². The van der Waals surface area contributed by atoms with Crippen molar-refractivity contribution in [3.8, 4) is 0 Å². The van der Waals surface area contributed by atoms with Crippen LogP contribution in [0.5, 0.6) is 0 Å². The Hall–Kier alpha value is -2.04. The third kappa shape index (κ3) is 23.6. The number of amides is 1. The van der Waals surface area contributed by atoms with Gasteiger partial charge in [0.15, 0.2) is 6.04 Å². The van der Waals surface area contributed by atoms with Crippen molar-refractivity contribution in [2.24, 2.45) is 0 Å². The molecule has 0 radical (unpaired) electrons. The van der Waals surface area contributed by atoms with Gasteiger partial charge in [0.25, 0.3) is 0 Å². The van der Waals surface area contributed by atoms with E-state index >= 15 is 0 Å². The lowest BCUT2D eigenvalue weighted by molar-refractivity contribution is -0.147. The number of phosphoric acid groups is 1. The molecule has 11 nitrogen and oxygen atoms in total. The maximum Gasteiger partial charge on any atom is 0.472 e. The van der Waals surface area contributed by atoms with Crippen molar-refractivity contribution in [1.29, 1.82) is 0 Å². The monoisotopic (exact) mass is 577 g/mol. The van der Waals surface area contributed by atoms with Gasteiger partial charge in [0, 0.05) is 12.8 Å². The van der Waals surface area contributed by atoms with Gasteiger partial charge in [-0.3, -0.25) is 18.6 Å². The van der Waals surface area contributed by atoms with E-state index in [0.717, 1.165) is 44.9 Å². The van der Waals surface area contributed by atoms with Crippen molar-refractivity contribution in [3.05, 3.63) is 24.3 Å². The number of aliphatic hydroxyl groups is 1. The number of nitrogens with one attached hydrogen (secondary N) is 1. The summed E-state index contributed by atoms with van der Waals surface area (Å²) in [5, 5.41) is 21.1. The van der Waals surface area contributed by atoms with Gasteiger partial charge >= 0.3 is 19.8 Å². The molecule has 0 saturated heterocycles. The Morgan fingerprint density at radius 1 is 0.821 bits per heavy atom. The highest BCUT2D eigenvalue weighted by Crippen LogP contribution is 2.43. The predicted molar refractivity (Wildman–Crippen MR) is 148 cm³/mol. The molecule has 0 rings (SSSR count). The number of aliphatic hydroxyl groups excluding tert-OH is 1. The Morgan fingerprint density at radius 2 is 1.44 bits per heavy atom. The van der Waals surface area contributed by atoms with E-state index < -0.39 is 57.6 Å². The Bertz CT molecular complexity index is 787. The van der Waals surface area contributed by atoms with Gasteiger partial charge in [-0.25, -0.2) is 9.36 Å². The molecule has 0 aromatic heterocycles. The molecule has 0 fully saturated rings. The number of aliphatic carboxylic acids is 1. The van der Waals surface area contributed by atoms with Crippen LogP contribution in [0.15, 0.2) is 24.3 Å². The van der Waals surface area contributed by atoms with E-state index in [1.807, 2.05) is 0 Å². The first-order chi connectivity index (χ1) is 18.6. The number of hydrogen-bond acceptors (Lipinski definition) is 8. The highest BCUT2D eigenvalue weighted by atomic mass is 31.2. The summed E-state index contributed by atoms with van der Waals surface area (Å²) in [5.41, 5.74) is 0. The second kappa shape index (κ2) is 23.8. The van der Waals surface area contributed by atoms with Crippen molar-refractivity contribution in [2.75, 3.05) is 19.8 Å². The molecule has 0 heterocycles. The van der Waals surface area contributed by atoms with Crippen molar-refractivity contribution in [2.45, 2.75) is 109 Å². The Labute approximate surface area is 232 Å². The van der Waals surface area contributed by atoms with Crippen LogP contribution in [0.2, 0.25) is 0 Å². The number of esters is 1. The highest BCUT2D eigenvalue weighted by Gasteiger charge is 2.28. The largest absolute Gasteiger partial charge is 0.480 e. The van der Waals surface area contributed by atoms with E-state index in [2.05, 4.69) is 45.6 Å². The molecule has 0 aliphatic carbocycles. The molecule has 226 valence electrons. The molecule has 0 saturated carbocycles. The Balaban J connectivity index is 3.92. The first kappa shape index (κ1) is 37.0. The molecule has 0 aliphatic heterocycles. The van der Waals surface area contributed by atoms with E-state index in [-0.39, 0.29) is 12.8 Å². The number of carboxylic acid groups (broad SMARTS) is 1. The highest BCUT2D eigenvalue weighted by molar-refractivity contribution is 7.47. The fourth-order valence-corrected chi connectivity index (χ4v) is 4.03. The number of unbranched alkanes of at least 4 members (excludes halogenated alkanes) is 7. The summed E-state index contributed by atoms with van der Waals surface area (Å²) in [6.45, 7) is 2.01. The van der Waals surface area contributed by atoms with Crippen molar-refractivity contribution < 1.29 is 47.8 Å². The summed E-state index contributed by atoms with van der Waals surface area (Å²) < 4.78 is 26.1. The molecular formula is C27H48NO10P. The van der Waals surface area contributed by atoms with Gasteiger partial charge in [-0.2, -0.15) is 0 Å². The third-order valence-corrected chi connectivity index (χ3v) is 6.41. The normalized spacial score (nSPS) is 14.8. The van der Waals surface area contributed by atoms with Gasteiger partial charge in [-0.1, -0.05) is 70.3 Å². The second-order valence-electron chi connectivity index (χ2n) is 9.23. The van der Waals surface area contributed by atoms with Crippen LogP contribution in [0.3, 0.4) is 0 Å². The minimum atomic E-state index is -4.71. The van der Waals surface area contributed by atoms with Crippen LogP contribution in [0.1, 0.15) is 97.3 Å². The van der Waals surface area contributed by atoms with Gasteiger partial charge in [-0.15, -0.1) is 0 Å². The summed E-state index contributed by atoms with van der Waals surface area (Å²) in [6.07, 6.45) is 18.7. The van der Waals surface area contributed by atoms with Crippen molar-refractivity contribution in [1.82, 2.24) is 5.32 Å². The minimum Gasteiger partial charge on any atom is -0.480 e. The number of carbonyl (C=O) groups excluding carboxylic acids is 2. The molecule has 39 heavy (non-hydrogen) atoms. The fraction of sp³-hybridized carbons (Fsp3) is 0.741. The van der Waals surface area contributed by atoms with Crippen LogP contribution in [0.25, 0.3) is 0 Å². The standard InChI is InChI=1S/C27H48NO10P/c1-3-5-6-7-8-9-10-11-12-13-14-15-16-17-19-26(31)36-20-23(29)21-37-39(34,35)38-22-24(27(32)33)28-25(30)18-4-2/h7-8,10-11,23-24,29H,3-6,9,12-22H2,1-2H3,(H,28,30)(H,32,33)(H,34,35)/b8-7-,11-10-. The first-order valence-electron chi connectivity index (χ1n) is 13.9. The average molecular weight is 578 g/mol. The Morgan fingerprint density at radius 3 is 2.08 bits per heavy atom. The molecule has 0 aromatic rings. The summed E-state index contributed by atoms with van der Waals surface area (Å²) in [7, 11) is -4.71. The van der Waals surface area contributed by atoms with Crippen molar-refractivity contribution >= 4 is 25.7 Å². The topological polar surface area (TPSA) is 169 Å². The number of allylic oxidation sites excluding steroid dienone is 4. The number of hydrogen-bond donors (Lipinski definition) is 4. The smallest absolute Gasteiger partial charge is 0.472 e. The molecule has 0 aromatic carbocycles. The van der Waals surface area contributed by atoms with E-state index in [4.69, 9.17) is 9.84 Å². The summed E-state index contributed by atoms with van der Waals surface area (Å²) in [6, 6.07) is -1.54. The number of phosphoric ester groups is 1.